The Bertz CT molecular complexity index is 647. The van der Waals surface area contributed by atoms with Crippen LogP contribution in [0.15, 0.2) is 48.5 Å². The van der Waals surface area contributed by atoms with Crippen LogP contribution in [0.1, 0.15) is 34.5 Å². The molecule has 0 aliphatic rings. The van der Waals surface area contributed by atoms with Gasteiger partial charge < -0.3 is 5.32 Å². The van der Waals surface area contributed by atoms with Crippen LogP contribution in [0.4, 0.5) is 17.6 Å². The maximum atomic E-state index is 12.8. The lowest BCUT2D eigenvalue weighted by Gasteiger charge is -2.15. The Labute approximate surface area is 124 Å². The van der Waals surface area contributed by atoms with Gasteiger partial charge in [0.05, 0.1) is 11.6 Å². The molecule has 1 N–H and O–H groups in total. The van der Waals surface area contributed by atoms with Gasteiger partial charge in [0, 0.05) is 5.56 Å². The molecular weight excluding hydrogens is 298 g/mol. The molecule has 1 amide bonds. The second kappa shape index (κ2) is 6.17. The number of rotatable bonds is 3. The molecule has 0 bridgehead atoms. The number of nitrogens with one attached hydrogen (secondary N) is 1. The Morgan fingerprint density at radius 1 is 1.00 bits per heavy atom. The van der Waals surface area contributed by atoms with Crippen molar-refractivity contribution < 1.29 is 22.4 Å². The molecule has 0 aliphatic heterocycles. The van der Waals surface area contributed by atoms with E-state index in [1.54, 1.807) is 6.92 Å². The molecule has 0 spiro atoms. The highest BCUT2D eigenvalue weighted by atomic mass is 19.4. The van der Waals surface area contributed by atoms with Gasteiger partial charge in [-0.2, -0.15) is 13.2 Å². The molecule has 0 fully saturated rings. The lowest BCUT2D eigenvalue weighted by molar-refractivity contribution is -0.137. The summed E-state index contributed by atoms with van der Waals surface area (Å²) < 4.78 is 50.2. The van der Waals surface area contributed by atoms with Crippen LogP contribution in [0.2, 0.25) is 0 Å². The van der Waals surface area contributed by atoms with Crippen molar-refractivity contribution in [1.29, 1.82) is 0 Å². The maximum absolute atomic E-state index is 12.8. The van der Waals surface area contributed by atoms with Crippen molar-refractivity contribution in [3.05, 3.63) is 71.0 Å². The van der Waals surface area contributed by atoms with Gasteiger partial charge in [-0.1, -0.05) is 12.1 Å². The zero-order valence-corrected chi connectivity index (χ0v) is 11.6. The fourth-order valence-corrected chi connectivity index (χ4v) is 1.93. The fraction of sp³-hybridized carbons (Fsp3) is 0.188. The van der Waals surface area contributed by atoms with Crippen molar-refractivity contribution in [2.45, 2.75) is 19.1 Å². The van der Waals surface area contributed by atoms with E-state index in [4.69, 9.17) is 0 Å². The lowest BCUT2D eigenvalue weighted by atomic mass is 10.1. The van der Waals surface area contributed by atoms with Crippen LogP contribution in [0.3, 0.4) is 0 Å². The maximum Gasteiger partial charge on any atom is 0.416 e. The molecule has 22 heavy (non-hydrogen) atoms. The van der Waals surface area contributed by atoms with Crippen molar-refractivity contribution in [3.63, 3.8) is 0 Å². The fourth-order valence-electron chi connectivity index (χ4n) is 1.93. The molecule has 0 saturated heterocycles. The zero-order valence-electron chi connectivity index (χ0n) is 11.6. The first kappa shape index (κ1) is 16.0. The molecule has 0 heterocycles. The van der Waals surface area contributed by atoms with Gasteiger partial charge >= 0.3 is 6.18 Å². The van der Waals surface area contributed by atoms with Crippen molar-refractivity contribution in [3.8, 4) is 0 Å². The van der Waals surface area contributed by atoms with Gasteiger partial charge in [-0.15, -0.1) is 0 Å². The van der Waals surface area contributed by atoms with Gasteiger partial charge in [0.2, 0.25) is 0 Å². The Kier molecular flexibility index (Phi) is 4.49. The molecule has 116 valence electrons. The number of benzene rings is 2. The van der Waals surface area contributed by atoms with Crippen molar-refractivity contribution in [1.82, 2.24) is 5.32 Å². The highest BCUT2D eigenvalue weighted by molar-refractivity contribution is 5.94. The Hall–Kier alpha value is -2.37. The summed E-state index contributed by atoms with van der Waals surface area (Å²) >= 11 is 0. The molecule has 2 aromatic rings. The van der Waals surface area contributed by atoms with Gasteiger partial charge in [0.1, 0.15) is 5.82 Å². The van der Waals surface area contributed by atoms with Crippen LogP contribution >= 0.6 is 0 Å². The number of carbonyl (C=O) groups excluding carboxylic acids is 1. The van der Waals surface area contributed by atoms with Crippen LogP contribution in [-0.4, -0.2) is 5.91 Å². The normalized spacial score (nSPS) is 12.8. The van der Waals surface area contributed by atoms with E-state index in [2.05, 4.69) is 5.32 Å². The first-order chi connectivity index (χ1) is 10.3. The molecule has 6 heteroatoms. The molecular formula is C16H13F4NO. The highest BCUT2D eigenvalue weighted by Gasteiger charge is 2.30. The number of carbonyl (C=O) groups is 1. The second-order valence-electron chi connectivity index (χ2n) is 4.82. The van der Waals surface area contributed by atoms with Crippen LogP contribution < -0.4 is 5.32 Å². The average molecular weight is 311 g/mol. The topological polar surface area (TPSA) is 29.1 Å². The first-order valence-electron chi connectivity index (χ1n) is 6.51. The van der Waals surface area contributed by atoms with Crippen molar-refractivity contribution in [2.75, 3.05) is 0 Å². The van der Waals surface area contributed by atoms with Gasteiger partial charge in [-0.25, -0.2) is 4.39 Å². The van der Waals surface area contributed by atoms with Gasteiger partial charge in [-0.05, 0) is 48.9 Å². The van der Waals surface area contributed by atoms with Gasteiger partial charge in [0.25, 0.3) is 5.91 Å². The summed E-state index contributed by atoms with van der Waals surface area (Å²) in [5.74, 6) is -0.879. The quantitative estimate of drug-likeness (QED) is 0.840. The minimum atomic E-state index is -4.43. The predicted octanol–water partition coefficient (Wildman–Crippen LogP) is 4.34. The van der Waals surface area contributed by atoms with Crippen LogP contribution in [0.25, 0.3) is 0 Å². The molecule has 0 saturated carbocycles. The van der Waals surface area contributed by atoms with Gasteiger partial charge in [0.15, 0.2) is 0 Å². The van der Waals surface area contributed by atoms with Crippen molar-refractivity contribution >= 4 is 5.91 Å². The summed E-state index contributed by atoms with van der Waals surface area (Å²) in [6.07, 6.45) is -4.43. The van der Waals surface area contributed by atoms with Crippen LogP contribution in [0, 0.1) is 5.82 Å². The number of hydrogen-bond donors (Lipinski definition) is 1. The Morgan fingerprint density at radius 2 is 1.55 bits per heavy atom. The smallest absolute Gasteiger partial charge is 0.346 e. The summed E-state index contributed by atoms with van der Waals surface area (Å²) in [7, 11) is 0. The second-order valence-corrected chi connectivity index (χ2v) is 4.82. The van der Waals surface area contributed by atoms with Crippen LogP contribution in [-0.2, 0) is 6.18 Å². The average Bonchev–Trinajstić information content (AvgIpc) is 2.47. The predicted molar refractivity (Wildman–Crippen MR) is 73.7 cm³/mol. The van der Waals surface area contributed by atoms with E-state index < -0.39 is 23.7 Å². The van der Waals surface area contributed by atoms with Gasteiger partial charge in [-0.3, -0.25) is 4.79 Å². The third kappa shape index (κ3) is 3.84. The SMILES string of the molecule is CC(NC(=O)c1ccc(C(F)(F)F)cc1)c1ccc(F)cc1. The summed E-state index contributed by atoms with van der Waals surface area (Å²) in [5.41, 5.74) is 0.0132. The summed E-state index contributed by atoms with van der Waals surface area (Å²) in [6, 6.07) is 9.18. The minimum absolute atomic E-state index is 0.127. The summed E-state index contributed by atoms with van der Waals surface area (Å²) in [5, 5.41) is 2.65. The third-order valence-corrected chi connectivity index (χ3v) is 3.19. The number of hydrogen-bond acceptors (Lipinski definition) is 1. The minimum Gasteiger partial charge on any atom is -0.346 e. The highest BCUT2D eigenvalue weighted by Crippen LogP contribution is 2.29. The van der Waals surface area contributed by atoms with E-state index in [9.17, 15) is 22.4 Å². The molecule has 2 rings (SSSR count). The molecule has 1 atom stereocenters. The Balaban J connectivity index is 2.07. The zero-order chi connectivity index (χ0) is 16.3. The molecule has 0 aromatic heterocycles. The lowest BCUT2D eigenvalue weighted by Crippen LogP contribution is -2.26. The number of amides is 1. The monoisotopic (exact) mass is 311 g/mol. The Morgan fingerprint density at radius 3 is 2.05 bits per heavy atom. The van der Waals surface area contributed by atoms with Crippen LogP contribution in [0.5, 0.6) is 0 Å². The van der Waals surface area contributed by atoms with E-state index >= 15 is 0 Å². The first-order valence-corrected chi connectivity index (χ1v) is 6.51. The number of alkyl halides is 3. The third-order valence-electron chi connectivity index (χ3n) is 3.19. The molecule has 0 radical (unpaired) electrons. The molecule has 0 aliphatic carbocycles. The summed E-state index contributed by atoms with van der Waals surface area (Å²) in [4.78, 5) is 12.0. The molecule has 2 nitrogen and oxygen atoms in total. The largest absolute Gasteiger partial charge is 0.416 e. The molecule has 2 aromatic carbocycles. The van der Waals surface area contributed by atoms with E-state index in [-0.39, 0.29) is 11.4 Å². The number of halogens is 4. The summed E-state index contributed by atoms with van der Waals surface area (Å²) in [6.45, 7) is 1.70. The van der Waals surface area contributed by atoms with E-state index in [0.29, 0.717) is 5.56 Å². The standard InChI is InChI=1S/C16H13F4NO/c1-10(11-4-8-14(17)9-5-11)21-15(22)12-2-6-13(7-3-12)16(18,19)20/h2-10H,1H3,(H,21,22). The van der Waals surface area contributed by atoms with E-state index in [1.165, 1.54) is 24.3 Å². The molecule has 1 unspecified atom stereocenters. The van der Waals surface area contributed by atoms with E-state index in [0.717, 1.165) is 24.3 Å². The van der Waals surface area contributed by atoms with Crippen molar-refractivity contribution in [2.24, 2.45) is 0 Å². The van der Waals surface area contributed by atoms with E-state index in [1.807, 2.05) is 0 Å².